The Hall–Kier alpha value is -4.48. The fraction of sp³-hybridized carbons (Fsp3) is 0.208. The molecule has 0 heterocycles. The van der Waals surface area contributed by atoms with Gasteiger partial charge >= 0.3 is 0 Å². The Labute approximate surface area is 314 Å². The van der Waals surface area contributed by atoms with Gasteiger partial charge in [0.05, 0.1) is 0 Å². The van der Waals surface area contributed by atoms with Crippen molar-refractivity contribution in [3.8, 4) is 0 Å². The van der Waals surface area contributed by atoms with Gasteiger partial charge in [-0.25, -0.2) is 0 Å². The van der Waals surface area contributed by atoms with Crippen molar-refractivity contribution in [3.63, 3.8) is 0 Å². The standard InChI is InChI=1S/C48H50N2P2/c1-37(39(3)51(43-29-17-9-18-30-43)44-31-19-10-20-32-44)49-47(5,41-25-13-7-14-26-41)48(6,42-27-15-8-16-28-42)50-38(2)40(4)52(45-33-21-11-22-34-45)46-35-23-12-24-36-46/h7-36,39-40H,1-6H3/b49-37+,50-38+/t39?,40?,47-,48-/m0/s1. The van der Waals surface area contributed by atoms with Crippen LogP contribution in [-0.4, -0.2) is 22.7 Å². The number of aliphatic imine (C=N–C) groups is 2. The summed E-state index contributed by atoms with van der Waals surface area (Å²) in [6, 6.07) is 65.6. The Morgan fingerprint density at radius 3 is 0.827 bits per heavy atom. The van der Waals surface area contributed by atoms with Crippen molar-refractivity contribution in [2.75, 3.05) is 0 Å². The van der Waals surface area contributed by atoms with E-state index in [1.165, 1.54) is 21.2 Å². The summed E-state index contributed by atoms with van der Waals surface area (Å²) in [5, 5.41) is 5.43. The van der Waals surface area contributed by atoms with E-state index in [-0.39, 0.29) is 11.3 Å². The molecule has 0 spiro atoms. The summed E-state index contributed by atoms with van der Waals surface area (Å²) in [4.78, 5) is 11.8. The van der Waals surface area contributed by atoms with Gasteiger partial charge in [-0.05, 0) is 75.9 Å². The first-order valence-electron chi connectivity index (χ1n) is 18.3. The molecule has 0 amide bonds. The van der Waals surface area contributed by atoms with Gasteiger partial charge in [-0.15, -0.1) is 0 Å². The molecule has 6 rings (SSSR count). The molecule has 0 saturated heterocycles. The molecule has 0 saturated carbocycles. The molecule has 2 nitrogen and oxygen atoms in total. The van der Waals surface area contributed by atoms with Crippen molar-refractivity contribution in [2.24, 2.45) is 9.98 Å². The van der Waals surface area contributed by atoms with Crippen LogP contribution in [0.3, 0.4) is 0 Å². The second-order valence-electron chi connectivity index (χ2n) is 13.8. The number of benzene rings is 6. The van der Waals surface area contributed by atoms with Crippen molar-refractivity contribution in [3.05, 3.63) is 193 Å². The molecule has 0 aliphatic carbocycles. The molecular weight excluding hydrogens is 666 g/mol. The predicted octanol–water partition coefficient (Wildman–Crippen LogP) is 10.8. The third-order valence-corrected chi connectivity index (χ3v) is 16.3. The highest BCUT2D eigenvalue weighted by atomic mass is 31.1. The molecule has 4 atom stereocenters. The zero-order valence-corrected chi connectivity index (χ0v) is 33.1. The normalized spacial score (nSPS) is 15.8. The van der Waals surface area contributed by atoms with Crippen molar-refractivity contribution in [1.82, 2.24) is 0 Å². The second kappa shape index (κ2) is 16.9. The largest absolute Gasteiger partial charge is 0.280 e. The van der Waals surface area contributed by atoms with Crippen LogP contribution in [0.5, 0.6) is 0 Å². The van der Waals surface area contributed by atoms with Gasteiger partial charge in [0.2, 0.25) is 0 Å². The van der Waals surface area contributed by atoms with E-state index in [1.807, 2.05) is 0 Å². The molecular formula is C48H50N2P2. The quantitative estimate of drug-likeness (QED) is 0.0840. The molecule has 0 aliphatic heterocycles. The number of nitrogens with zero attached hydrogens (tertiary/aromatic N) is 2. The van der Waals surface area contributed by atoms with Crippen LogP contribution < -0.4 is 21.2 Å². The molecule has 262 valence electrons. The van der Waals surface area contributed by atoms with Crippen molar-refractivity contribution in [2.45, 2.75) is 63.9 Å². The van der Waals surface area contributed by atoms with E-state index in [0.717, 1.165) is 22.6 Å². The minimum atomic E-state index is -0.731. The van der Waals surface area contributed by atoms with E-state index in [2.05, 4.69) is 224 Å². The average molecular weight is 717 g/mol. The fourth-order valence-corrected chi connectivity index (χ4v) is 12.5. The van der Waals surface area contributed by atoms with Crippen molar-refractivity contribution in [1.29, 1.82) is 0 Å². The number of hydrogen-bond donors (Lipinski definition) is 0. The first-order chi connectivity index (χ1) is 25.2. The molecule has 0 radical (unpaired) electrons. The van der Waals surface area contributed by atoms with Crippen LogP contribution in [0, 0.1) is 0 Å². The minimum absolute atomic E-state index is 0.191. The molecule has 6 aromatic carbocycles. The Morgan fingerprint density at radius 1 is 0.385 bits per heavy atom. The zero-order valence-electron chi connectivity index (χ0n) is 31.3. The number of rotatable bonds is 13. The van der Waals surface area contributed by atoms with Crippen LogP contribution in [0.4, 0.5) is 0 Å². The second-order valence-corrected chi connectivity index (χ2v) is 18.9. The summed E-state index contributed by atoms with van der Waals surface area (Å²) >= 11 is 0. The molecule has 0 aliphatic rings. The Balaban J connectivity index is 1.53. The summed E-state index contributed by atoms with van der Waals surface area (Å²) in [5.41, 5.74) is 3.47. The molecule has 6 aromatic rings. The van der Waals surface area contributed by atoms with Crippen molar-refractivity contribution < 1.29 is 0 Å². The third kappa shape index (κ3) is 7.95. The SMILES string of the molecule is C/C(=N\[C@@](C)(c1ccccc1)[C@@](C)(/N=C(\C)C(C)P(c1ccccc1)c1ccccc1)c1ccccc1)C(C)P(c1ccccc1)c1ccccc1. The van der Waals surface area contributed by atoms with Crippen LogP contribution >= 0.6 is 15.8 Å². The van der Waals surface area contributed by atoms with Gasteiger partial charge in [0.15, 0.2) is 0 Å². The highest BCUT2D eigenvalue weighted by Crippen LogP contribution is 2.50. The Bertz CT molecular complexity index is 1820. The van der Waals surface area contributed by atoms with E-state index in [1.54, 1.807) is 0 Å². The molecule has 4 heteroatoms. The summed E-state index contributed by atoms with van der Waals surface area (Å²) in [6.45, 7) is 13.8. The van der Waals surface area contributed by atoms with Gasteiger partial charge in [0.1, 0.15) is 11.1 Å². The first kappa shape index (κ1) is 37.3. The highest BCUT2D eigenvalue weighted by molar-refractivity contribution is 7.74. The fourth-order valence-electron chi connectivity index (χ4n) is 7.25. The van der Waals surface area contributed by atoms with Gasteiger partial charge < -0.3 is 0 Å². The van der Waals surface area contributed by atoms with E-state index >= 15 is 0 Å². The van der Waals surface area contributed by atoms with Crippen LogP contribution in [0.1, 0.15) is 52.7 Å². The topological polar surface area (TPSA) is 24.7 Å². The van der Waals surface area contributed by atoms with Crippen LogP contribution in [0.2, 0.25) is 0 Å². The predicted molar refractivity (Wildman–Crippen MR) is 231 cm³/mol. The van der Waals surface area contributed by atoms with Gasteiger partial charge in [-0.2, -0.15) is 0 Å². The summed E-state index contributed by atoms with van der Waals surface area (Å²) < 4.78 is 0. The van der Waals surface area contributed by atoms with E-state index in [0.29, 0.717) is 0 Å². The maximum atomic E-state index is 5.90. The van der Waals surface area contributed by atoms with Crippen LogP contribution in [0.15, 0.2) is 192 Å². The third-order valence-electron chi connectivity index (χ3n) is 10.5. The van der Waals surface area contributed by atoms with Gasteiger partial charge in [0, 0.05) is 22.7 Å². The lowest BCUT2D eigenvalue weighted by Crippen LogP contribution is -2.45. The van der Waals surface area contributed by atoms with Gasteiger partial charge in [-0.1, -0.05) is 196 Å². The van der Waals surface area contributed by atoms with Crippen LogP contribution in [-0.2, 0) is 11.1 Å². The lowest BCUT2D eigenvalue weighted by Gasteiger charge is -2.44. The lowest BCUT2D eigenvalue weighted by atomic mass is 9.70. The molecule has 0 aromatic heterocycles. The first-order valence-corrected chi connectivity index (χ1v) is 21.1. The summed E-state index contributed by atoms with van der Waals surface area (Å²) in [5.74, 6) is 0. The van der Waals surface area contributed by atoms with E-state index < -0.39 is 26.9 Å². The Kier molecular flexibility index (Phi) is 12.1. The smallest absolute Gasteiger partial charge is 0.112 e. The molecule has 0 N–H and O–H groups in total. The molecule has 2 unspecified atom stereocenters. The molecule has 0 fully saturated rings. The highest BCUT2D eigenvalue weighted by Gasteiger charge is 2.48. The zero-order chi connectivity index (χ0) is 36.6. The maximum absolute atomic E-state index is 5.90. The van der Waals surface area contributed by atoms with E-state index in [4.69, 9.17) is 9.98 Å². The molecule has 0 bridgehead atoms. The van der Waals surface area contributed by atoms with Gasteiger partial charge in [0.25, 0.3) is 0 Å². The molecule has 52 heavy (non-hydrogen) atoms. The van der Waals surface area contributed by atoms with Crippen molar-refractivity contribution >= 4 is 48.5 Å². The van der Waals surface area contributed by atoms with Crippen LogP contribution in [0.25, 0.3) is 0 Å². The summed E-state index contributed by atoms with van der Waals surface area (Å²) in [6.07, 6.45) is 0. The van der Waals surface area contributed by atoms with Gasteiger partial charge in [-0.3, -0.25) is 9.98 Å². The lowest BCUT2D eigenvalue weighted by molar-refractivity contribution is 0.273. The monoisotopic (exact) mass is 716 g/mol. The summed E-state index contributed by atoms with van der Waals surface area (Å²) in [7, 11) is -1.43. The van der Waals surface area contributed by atoms with E-state index in [9.17, 15) is 0 Å². The number of hydrogen-bond acceptors (Lipinski definition) is 2. The Morgan fingerprint density at radius 2 is 0.596 bits per heavy atom. The maximum Gasteiger partial charge on any atom is 0.112 e. The average Bonchev–Trinajstić information content (AvgIpc) is 3.20. The minimum Gasteiger partial charge on any atom is -0.280 e.